The second-order valence-electron chi connectivity index (χ2n) is 4.91. The summed E-state index contributed by atoms with van der Waals surface area (Å²) in [5.74, 6) is 1.09. The molecular formula is C17H16ClN3OS. The molecule has 6 heteroatoms. The average Bonchev–Trinajstić information content (AvgIpc) is 2.96. The minimum Gasteiger partial charge on any atom is -0.495 e. The average molecular weight is 346 g/mol. The Bertz CT molecular complexity index is 830. The quantitative estimate of drug-likeness (QED) is 0.707. The molecule has 3 rings (SSSR count). The van der Waals surface area contributed by atoms with Crippen LogP contribution < -0.4 is 10.5 Å². The van der Waals surface area contributed by atoms with Gasteiger partial charge in [0.15, 0.2) is 0 Å². The summed E-state index contributed by atoms with van der Waals surface area (Å²) in [7, 11) is 1.59. The highest BCUT2D eigenvalue weighted by atomic mass is 35.5. The Morgan fingerprint density at radius 1 is 1.13 bits per heavy atom. The van der Waals surface area contributed by atoms with Crippen molar-refractivity contribution in [2.24, 2.45) is 0 Å². The topological polar surface area (TPSA) is 53.1 Å². The van der Waals surface area contributed by atoms with Crippen molar-refractivity contribution in [3.63, 3.8) is 0 Å². The zero-order valence-corrected chi connectivity index (χ0v) is 14.4. The van der Waals surface area contributed by atoms with Gasteiger partial charge in [0.2, 0.25) is 0 Å². The van der Waals surface area contributed by atoms with Crippen LogP contribution in [0.25, 0.3) is 16.9 Å². The molecule has 3 aromatic rings. The van der Waals surface area contributed by atoms with Crippen LogP contribution in [-0.2, 0) is 0 Å². The van der Waals surface area contributed by atoms with Crippen LogP contribution in [0.2, 0.25) is 5.02 Å². The number of thioether (sulfide) groups is 1. The van der Waals surface area contributed by atoms with Crippen molar-refractivity contribution in [2.75, 3.05) is 19.1 Å². The number of rotatable bonds is 4. The van der Waals surface area contributed by atoms with Gasteiger partial charge in [-0.15, -0.1) is 11.8 Å². The minimum atomic E-state index is 0.459. The molecule has 1 heterocycles. The predicted molar refractivity (Wildman–Crippen MR) is 96.8 cm³/mol. The summed E-state index contributed by atoms with van der Waals surface area (Å²) in [6.45, 7) is 0. The Kier molecular flexibility index (Phi) is 4.50. The highest BCUT2D eigenvalue weighted by Gasteiger charge is 2.12. The lowest BCUT2D eigenvalue weighted by molar-refractivity contribution is 0.415. The summed E-state index contributed by atoms with van der Waals surface area (Å²) in [6.07, 6.45) is 2.05. The van der Waals surface area contributed by atoms with Crippen molar-refractivity contribution in [2.45, 2.75) is 4.90 Å². The summed E-state index contributed by atoms with van der Waals surface area (Å²) >= 11 is 7.93. The lowest BCUT2D eigenvalue weighted by Gasteiger charge is -2.10. The molecule has 2 N–H and O–H groups in total. The van der Waals surface area contributed by atoms with Gasteiger partial charge >= 0.3 is 0 Å². The molecule has 0 aliphatic rings. The highest BCUT2D eigenvalue weighted by Crippen LogP contribution is 2.30. The second-order valence-corrected chi connectivity index (χ2v) is 6.20. The van der Waals surface area contributed by atoms with Gasteiger partial charge in [-0.3, -0.25) is 0 Å². The van der Waals surface area contributed by atoms with Crippen LogP contribution in [0.1, 0.15) is 0 Å². The number of nitrogens with two attached hydrogens (primary N) is 1. The fourth-order valence-electron chi connectivity index (χ4n) is 2.35. The number of nitrogens with zero attached hydrogens (tertiary/aromatic N) is 2. The van der Waals surface area contributed by atoms with E-state index in [2.05, 4.69) is 35.6 Å². The summed E-state index contributed by atoms with van der Waals surface area (Å²) in [5.41, 5.74) is 8.69. The first-order valence-electron chi connectivity index (χ1n) is 6.96. The van der Waals surface area contributed by atoms with Crippen molar-refractivity contribution in [3.8, 4) is 22.7 Å². The zero-order valence-electron chi connectivity index (χ0n) is 12.8. The second kappa shape index (κ2) is 6.56. The van der Waals surface area contributed by atoms with Gasteiger partial charge in [0.25, 0.3) is 0 Å². The van der Waals surface area contributed by atoms with Crippen LogP contribution in [0.4, 0.5) is 5.82 Å². The molecular weight excluding hydrogens is 330 g/mol. The summed E-state index contributed by atoms with van der Waals surface area (Å²) in [6, 6.07) is 15.7. The molecule has 118 valence electrons. The van der Waals surface area contributed by atoms with Crippen molar-refractivity contribution < 1.29 is 4.74 Å². The number of halogens is 1. The third kappa shape index (κ3) is 3.16. The predicted octanol–water partition coefficient (Wildman–Crippen LogP) is 4.51. The number of ether oxygens (including phenoxy) is 1. The van der Waals surface area contributed by atoms with E-state index in [1.54, 1.807) is 23.6 Å². The zero-order chi connectivity index (χ0) is 16.4. The maximum absolute atomic E-state index is 6.22. The first-order valence-corrected chi connectivity index (χ1v) is 8.56. The largest absolute Gasteiger partial charge is 0.495 e. The molecule has 0 aliphatic heterocycles. The van der Waals surface area contributed by atoms with E-state index in [4.69, 9.17) is 22.1 Å². The van der Waals surface area contributed by atoms with E-state index in [9.17, 15) is 0 Å². The lowest BCUT2D eigenvalue weighted by Crippen LogP contribution is -2.00. The van der Waals surface area contributed by atoms with Crippen LogP contribution in [-0.4, -0.2) is 23.1 Å². The van der Waals surface area contributed by atoms with Gasteiger partial charge in [0.05, 0.1) is 23.5 Å². The smallest absolute Gasteiger partial charge is 0.146 e. The molecule has 1 aromatic heterocycles. The van der Waals surface area contributed by atoms with E-state index in [0.29, 0.717) is 16.6 Å². The molecule has 0 saturated heterocycles. The molecule has 0 atom stereocenters. The maximum atomic E-state index is 6.22. The van der Waals surface area contributed by atoms with Crippen LogP contribution in [0.15, 0.2) is 53.4 Å². The summed E-state index contributed by atoms with van der Waals surface area (Å²) < 4.78 is 6.98. The number of hydrogen-bond donors (Lipinski definition) is 1. The van der Waals surface area contributed by atoms with E-state index in [-0.39, 0.29) is 0 Å². The number of benzene rings is 2. The summed E-state index contributed by atoms with van der Waals surface area (Å²) in [4.78, 5) is 1.21. The normalized spacial score (nSPS) is 10.7. The molecule has 0 amide bonds. The van der Waals surface area contributed by atoms with Crippen LogP contribution in [0.5, 0.6) is 5.75 Å². The first kappa shape index (κ1) is 15.8. The maximum Gasteiger partial charge on any atom is 0.146 e. The number of anilines is 1. The Hall–Kier alpha value is -2.11. The fraction of sp³-hybridized carbons (Fsp3) is 0.118. The lowest BCUT2D eigenvalue weighted by atomic mass is 10.1. The van der Waals surface area contributed by atoms with Crippen LogP contribution in [0, 0.1) is 0 Å². The van der Waals surface area contributed by atoms with E-state index in [0.717, 1.165) is 16.9 Å². The van der Waals surface area contributed by atoms with E-state index < -0.39 is 0 Å². The van der Waals surface area contributed by atoms with Gasteiger partial charge in [0, 0.05) is 16.5 Å². The number of hydrogen-bond acceptors (Lipinski definition) is 4. The van der Waals surface area contributed by atoms with Crippen molar-refractivity contribution >= 4 is 29.2 Å². The summed E-state index contributed by atoms with van der Waals surface area (Å²) in [5, 5.41) is 4.92. The van der Waals surface area contributed by atoms with Gasteiger partial charge in [-0.05, 0) is 36.6 Å². The highest BCUT2D eigenvalue weighted by molar-refractivity contribution is 7.98. The van der Waals surface area contributed by atoms with Gasteiger partial charge in [-0.2, -0.15) is 5.10 Å². The SMILES string of the molecule is COc1ccc(-n2nc(N)cc2-c2ccc(SC)cc2)cc1Cl. The monoisotopic (exact) mass is 345 g/mol. The first-order chi connectivity index (χ1) is 11.1. The molecule has 0 bridgehead atoms. The molecule has 4 nitrogen and oxygen atoms in total. The van der Waals surface area contributed by atoms with E-state index in [1.807, 2.05) is 24.3 Å². The molecule has 2 aromatic carbocycles. The third-order valence-electron chi connectivity index (χ3n) is 3.49. The van der Waals surface area contributed by atoms with Gasteiger partial charge in [-0.1, -0.05) is 23.7 Å². The van der Waals surface area contributed by atoms with Crippen molar-refractivity contribution in [1.29, 1.82) is 0 Å². The van der Waals surface area contributed by atoms with Crippen LogP contribution >= 0.6 is 23.4 Å². The minimum absolute atomic E-state index is 0.459. The number of methoxy groups -OCH3 is 1. The van der Waals surface area contributed by atoms with Gasteiger partial charge < -0.3 is 10.5 Å². The molecule has 23 heavy (non-hydrogen) atoms. The molecule has 0 saturated carbocycles. The molecule has 0 fully saturated rings. The van der Waals surface area contributed by atoms with E-state index >= 15 is 0 Å². The molecule has 0 unspecified atom stereocenters. The molecule has 0 aliphatic carbocycles. The Labute approximate surface area is 144 Å². The fourth-order valence-corrected chi connectivity index (χ4v) is 3.01. The van der Waals surface area contributed by atoms with Crippen molar-refractivity contribution in [3.05, 3.63) is 53.6 Å². The van der Waals surface area contributed by atoms with Gasteiger partial charge in [0.1, 0.15) is 11.6 Å². The molecule has 0 radical (unpaired) electrons. The van der Waals surface area contributed by atoms with Crippen LogP contribution in [0.3, 0.4) is 0 Å². The number of nitrogen functional groups attached to an aromatic ring is 1. The Morgan fingerprint density at radius 2 is 1.87 bits per heavy atom. The molecule has 0 spiro atoms. The number of aromatic nitrogens is 2. The van der Waals surface area contributed by atoms with Gasteiger partial charge in [-0.25, -0.2) is 4.68 Å². The standard InChI is InChI=1S/C17H16ClN3OS/c1-22-16-8-5-12(9-14(16)18)21-15(10-17(19)20-21)11-3-6-13(23-2)7-4-11/h3-10H,1-2H3,(H2,19,20). The third-order valence-corrected chi connectivity index (χ3v) is 4.53. The Morgan fingerprint density at radius 3 is 2.48 bits per heavy atom. The Balaban J connectivity index is 2.08. The van der Waals surface area contributed by atoms with E-state index in [1.165, 1.54) is 4.90 Å². The van der Waals surface area contributed by atoms with Crippen molar-refractivity contribution in [1.82, 2.24) is 9.78 Å².